The molecular formula is C12H13F3N4O. The summed E-state index contributed by atoms with van der Waals surface area (Å²) in [5, 5.41) is 6.26. The highest BCUT2D eigenvalue weighted by molar-refractivity contribution is 5.93. The lowest BCUT2D eigenvalue weighted by Crippen LogP contribution is -2.30. The van der Waals surface area contributed by atoms with E-state index in [1.807, 2.05) is 0 Å². The Morgan fingerprint density at radius 1 is 1.35 bits per heavy atom. The van der Waals surface area contributed by atoms with Gasteiger partial charge in [-0.15, -0.1) is 0 Å². The second-order valence-corrected chi connectivity index (χ2v) is 4.71. The molecule has 0 saturated carbocycles. The van der Waals surface area contributed by atoms with Gasteiger partial charge in [0.15, 0.2) is 11.3 Å². The fraction of sp³-hybridized carbons (Fsp3) is 0.417. The Hall–Kier alpha value is -2.12. The average molecular weight is 286 g/mol. The topological polar surface area (TPSA) is 59.3 Å². The zero-order chi connectivity index (χ0) is 15.1. The van der Waals surface area contributed by atoms with Gasteiger partial charge in [-0.1, -0.05) is 0 Å². The largest absolute Gasteiger partial charge is 0.433 e. The second-order valence-electron chi connectivity index (χ2n) is 4.71. The number of nitrogens with zero attached hydrogens (tertiary/aromatic N) is 3. The summed E-state index contributed by atoms with van der Waals surface area (Å²) in [6, 6.07) is 1.99. The first kappa shape index (κ1) is 14.3. The number of aromatic nitrogens is 3. The number of amides is 1. The summed E-state index contributed by atoms with van der Waals surface area (Å²) in [6.45, 7) is 4.95. The SMILES string of the molecule is Cc1cc(C(F)(F)F)n2nc(C(=O)NC(C)C)cc2n1. The summed E-state index contributed by atoms with van der Waals surface area (Å²) in [7, 11) is 0. The van der Waals surface area contributed by atoms with E-state index in [4.69, 9.17) is 0 Å². The van der Waals surface area contributed by atoms with Gasteiger partial charge in [-0.25, -0.2) is 9.50 Å². The van der Waals surface area contributed by atoms with Crippen molar-refractivity contribution in [2.75, 3.05) is 0 Å². The molecule has 108 valence electrons. The number of aryl methyl sites for hydroxylation is 1. The lowest BCUT2D eigenvalue weighted by atomic mass is 10.3. The van der Waals surface area contributed by atoms with E-state index in [1.165, 1.54) is 13.0 Å². The minimum Gasteiger partial charge on any atom is -0.348 e. The molecule has 0 aliphatic carbocycles. The van der Waals surface area contributed by atoms with Gasteiger partial charge in [-0.2, -0.15) is 18.3 Å². The van der Waals surface area contributed by atoms with Crippen LogP contribution in [0.1, 0.15) is 35.7 Å². The highest BCUT2D eigenvalue weighted by Gasteiger charge is 2.35. The molecule has 0 aliphatic rings. The molecule has 1 amide bonds. The number of hydrogen-bond acceptors (Lipinski definition) is 3. The number of rotatable bonds is 2. The first-order valence-corrected chi connectivity index (χ1v) is 5.94. The van der Waals surface area contributed by atoms with Crippen molar-refractivity contribution < 1.29 is 18.0 Å². The van der Waals surface area contributed by atoms with E-state index in [0.29, 0.717) is 4.52 Å². The Morgan fingerprint density at radius 3 is 2.55 bits per heavy atom. The molecule has 0 unspecified atom stereocenters. The molecule has 1 N–H and O–H groups in total. The van der Waals surface area contributed by atoms with Crippen LogP contribution in [0.5, 0.6) is 0 Å². The maximum absolute atomic E-state index is 12.9. The normalized spacial score (nSPS) is 12.2. The Kier molecular flexibility index (Phi) is 3.41. The lowest BCUT2D eigenvalue weighted by Gasteiger charge is -2.09. The summed E-state index contributed by atoms with van der Waals surface area (Å²) < 4.78 is 39.4. The predicted octanol–water partition coefficient (Wildman–Crippen LogP) is 2.19. The predicted molar refractivity (Wildman–Crippen MR) is 65.3 cm³/mol. The third-order valence-corrected chi connectivity index (χ3v) is 2.50. The van der Waals surface area contributed by atoms with Crippen LogP contribution in [0, 0.1) is 6.92 Å². The molecule has 5 nitrogen and oxygen atoms in total. The molecule has 2 rings (SSSR count). The van der Waals surface area contributed by atoms with Crippen LogP contribution in [0.4, 0.5) is 13.2 Å². The number of fused-ring (bicyclic) bond motifs is 1. The Balaban J connectivity index is 2.56. The molecule has 2 heterocycles. The molecule has 0 bridgehead atoms. The van der Waals surface area contributed by atoms with Gasteiger partial charge in [0.25, 0.3) is 5.91 Å². The fourth-order valence-corrected chi connectivity index (χ4v) is 1.75. The molecule has 2 aromatic rings. The number of alkyl halides is 3. The van der Waals surface area contributed by atoms with Crippen molar-refractivity contribution in [3.8, 4) is 0 Å². The molecule has 0 aromatic carbocycles. The minimum atomic E-state index is -4.57. The van der Waals surface area contributed by atoms with Crippen molar-refractivity contribution in [2.24, 2.45) is 0 Å². The van der Waals surface area contributed by atoms with Crippen LogP contribution in [0.3, 0.4) is 0 Å². The summed E-state index contributed by atoms with van der Waals surface area (Å²) >= 11 is 0. The lowest BCUT2D eigenvalue weighted by molar-refractivity contribution is -0.142. The number of carbonyl (C=O) groups is 1. The maximum Gasteiger partial charge on any atom is 0.433 e. The van der Waals surface area contributed by atoms with Gasteiger partial charge in [-0.05, 0) is 26.8 Å². The number of halogens is 3. The summed E-state index contributed by atoms with van der Waals surface area (Å²) in [5.41, 5.74) is -0.849. The van der Waals surface area contributed by atoms with Crippen LogP contribution in [0.15, 0.2) is 12.1 Å². The molecule has 0 aliphatic heterocycles. The van der Waals surface area contributed by atoms with E-state index < -0.39 is 17.8 Å². The highest BCUT2D eigenvalue weighted by Crippen LogP contribution is 2.29. The second kappa shape index (κ2) is 4.77. The van der Waals surface area contributed by atoms with Crippen LogP contribution in [0.2, 0.25) is 0 Å². The maximum atomic E-state index is 12.9. The summed E-state index contributed by atoms with van der Waals surface area (Å²) in [5.74, 6) is -0.531. The van der Waals surface area contributed by atoms with Crippen LogP contribution >= 0.6 is 0 Å². The van der Waals surface area contributed by atoms with Gasteiger partial charge in [0.2, 0.25) is 0 Å². The number of carbonyl (C=O) groups excluding carboxylic acids is 1. The monoisotopic (exact) mass is 286 g/mol. The Bertz CT molecular complexity index is 661. The zero-order valence-corrected chi connectivity index (χ0v) is 11.1. The third kappa shape index (κ3) is 2.73. The first-order valence-electron chi connectivity index (χ1n) is 5.94. The van der Waals surface area contributed by atoms with Crippen molar-refractivity contribution in [3.05, 3.63) is 29.2 Å². The number of nitrogens with one attached hydrogen (secondary N) is 1. The fourth-order valence-electron chi connectivity index (χ4n) is 1.75. The van der Waals surface area contributed by atoms with E-state index in [-0.39, 0.29) is 23.1 Å². The van der Waals surface area contributed by atoms with E-state index in [2.05, 4.69) is 15.4 Å². The van der Waals surface area contributed by atoms with Gasteiger partial charge in [0.05, 0.1) is 0 Å². The van der Waals surface area contributed by atoms with Crippen molar-refractivity contribution in [1.82, 2.24) is 19.9 Å². The van der Waals surface area contributed by atoms with Gasteiger partial charge >= 0.3 is 6.18 Å². The molecule has 0 spiro atoms. The molecule has 0 fully saturated rings. The van der Waals surface area contributed by atoms with E-state index in [0.717, 1.165) is 6.07 Å². The first-order chi connectivity index (χ1) is 9.18. The van der Waals surface area contributed by atoms with Gasteiger partial charge in [0.1, 0.15) is 5.69 Å². The van der Waals surface area contributed by atoms with E-state index in [1.54, 1.807) is 13.8 Å². The van der Waals surface area contributed by atoms with Crippen LogP contribution in [-0.4, -0.2) is 26.5 Å². The third-order valence-electron chi connectivity index (χ3n) is 2.50. The Labute approximate surface area is 112 Å². The number of hydrogen-bond donors (Lipinski definition) is 1. The molecular weight excluding hydrogens is 273 g/mol. The van der Waals surface area contributed by atoms with Crippen molar-refractivity contribution in [3.63, 3.8) is 0 Å². The minimum absolute atomic E-state index is 0.00812. The van der Waals surface area contributed by atoms with E-state index >= 15 is 0 Å². The standard InChI is InChI=1S/C12H13F3N4O/c1-6(2)16-11(20)8-5-10-17-7(3)4-9(12(13,14)15)19(10)18-8/h4-6H,1-3H3,(H,16,20). The molecule has 20 heavy (non-hydrogen) atoms. The highest BCUT2D eigenvalue weighted by atomic mass is 19.4. The van der Waals surface area contributed by atoms with Crippen molar-refractivity contribution >= 4 is 11.6 Å². The summed E-state index contributed by atoms with van der Waals surface area (Å²) in [6.07, 6.45) is -4.57. The van der Waals surface area contributed by atoms with Crippen molar-refractivity contribution in [2.45, 2.75) is 33.0 Å². The zero-order valence-electron chi connectivity index (χ0n) is 11.1. The van der Waals surface area contributed by atoms with Crippen LogP contribution in [0.25, 0.3) is 5.65 Å². The van der Waals surface area contributed by atoms with Crippen molar-refractivity contribution in [1.29, 1.82) is 0 Å². The molecule has 8 heteroatoms. The van der Waals surface area contributed by atoms with Crippen LogP contribution in [-0.2, 0) is 6.18 Å². The smallest absolute Gasteiger partial charge is 0.348 e. The molecule has 0 saturated heterocycles. The average Bonchev–Trinajstić information content (AvgIpc) is 2.68. The quantitative estimate of drug-likeness (QED) is 0.920. The van der Waals surface area contributed by atoms with E-state index in [9.17, 15) is 18.0 Å². The Morgan fingerprint density at radius 2 is 2.00 bits per heavy atom. The summed E-state index contributed by atoms with van der Waals surface area (Å²) in [4.78, 5) is 15.7. The van der Waals surface area contributed by atoms with Gasteiger partial charge in [0, 0.05) is 17.8 Å². The molecule has 0 radical (unpaired) electrons. The van der Waals surface area contributed by atoms with Crippen LogP contribution < -0.4 is 5.32 Å². The molecule has 2 aromatic heterocycles. The van der Waals surface area contributed by atoms with Gasteiger partial charge < -0.3 is 5.32 Å². The molecule has 0 atom stereocenters. The van der Waals surface area contributed by atoms with Gasteiger partial charge in [-0.3, -0.25) is 4.79 Å².